The number of benzene rings is 3. The minimum Gasteiger partial charge on any atom is -0.507 e. The summed E-state index contributed by atoms with van der Waals surface area (Å²) in [7, 11) is 1.72. The quantitative estimate of drug-likeness (QED) is 0.337. The van der Waals surface area contributed by atoms with Crippen molar-refractivity contribution in [1.29, 1.82) is 0 Å². The largest absolute Gasteiger partial charge is 0.507 e. The Labute approximate surface area is 193 Å². The van der Waals surface area contributed by atoms with Gasteiger partial charge in [-0.2, -0.15) is 0 Å². The highest BCUT2D eigenvalue weighted by Gasteiger charge is 2.24. The molecule has 0 saturated carbocycles. The zero-order valence-electron chi connectivity index (χ0n) is 21.2. The summed E-state index contributed by atoms with van der Waals surface area (Å²) in [5, 5.41) is 12.0. The molecule has 3 aromatic carbocycles. The van der Waals surface area contributed by atoms with Crippen LogP contribution in [0.25, 0.3) is 11.3 Å². The van der Waals surface area contributed by atoms with E-state index in [9.17, 15) is 5.11 Å². The van der Waals surface area contributed by atoms with Crippen molar-refractivity contribution in [2.45, 2.75) is 62.3 Å². The number of aliphatic hydroxyl groups is 1. The molecular formula is C30H36O2. The molecule has 0 aromatic heterocycles. The molecule has 2 nitrogen and oxygen atoms in total. The van der Waals surface area contributed by atoms with E-state index in [2.05, 4.69) is 92.6 Å². The number of ether oxygens (including phenoxy) is 1. The van der Waals surface area contributed by atoms with Crippen molar-refractivity contribution in [3.8, 4) is 5.75 Å². The van der Waals surface area contributed by atoms with Crippen molar-refractivity contribution < 1.29 is 9.84 Å². The third-order valence-electron chi connectivity index (χ3n) is 6.43. The van der Waals surface area contributed by atoms with Crippen LogP contribution in [0.1, 0.15) is 66.8 Å². The fourth-order valence-electron chi connectivity index (χ4n) is 5.48. The number of hydrogen-bond acceptors (Lipinski definition) is 2. The van der Waals surface area contributed by atoms with Gasteiger partial charge >= 0.3 is 0 Å². The van der Waals surface area contributed by atoms with E-state index in [4.69, 9.17) is 4.74 Å². The number of aryl methyl sites for hydroxylation is 8. The zero-order chi connectivity index (χ0) is 23.9. The second-order valence-electron chi connectivity index (χ2n) is 9.31. The minimum absolute atomic E-state index is 0.326. The van der Waals surface area contributed by atoms with Gasteiger partial charge in [-0.3, -0.25) is 0 Å². The molecule has 2 heteroatoms. The molecule has 0 fully saturated rings. The SMILES string of the molecule is COc1c(C)cc(C)c(/C(=C(/O)c2c(C)cc(C)cc2C)c2c(C)cc(C)cc2C)c1C. The lowest BCUT2D eigenvalue weighted by Crippen LogP contribution is -2.07. The smallest absolute Gasteiger partial charge is 0.131 e. The van der Waals surface area contributed by atoms with Gasteiger partial charge in [-0.25, -0.2) is 0 Å². The lowest BCUT2D eigenvalue weighted by Gasteiger charge is -2.24. The second kappa shape index (κ2) is 8.86. The Morgan fingerprint density at radius 1 is 0.562 bits per heavy atom. The van der Waals surface area contributed by atoms with Gasteiger partial charge in [0.15, 0.2) is 0 Å². The van der Waals surface area contributed by atoms with Crippen molar-refractivity contribution >= 4 is 11.3 Å². The maximum Gasteiger partial charge on any atom is 0.131 e. The number of methoxy groups -OCH3 is 1. The molecule has 0 aliphatic heterocycles. The molecule has 3 aromatic rings. The van der Waals surface area contributed by atoms with Crippen molar-refractivity contribution in [3.63, 3.8) is 0 Å². The summed E-state index contributed by atoms with van der Waals surface area (Å²) in [5.74, 6) is 1.20. The molecule has 0 heterocycles. The molecule has 0 radical (unpaired) electrons. The molecule has 0 amide bonds. The lowest BCUT2D eigenvalue weighted by atomic mass is 9.82. The molecule has 0 spiro atoms. The normalized spacial score (nSPS) is 12.1. The van der Waals surface area contributed by atoms with E-state index in [0.29, 0.717) is 5.76 Å². The third kappa shape index (κ3) is 4.07. The summed E-state index contributed by atoms with van der Waals surface area (Å²) in [4.78, 5) is 0. The Morgan fingerprint density at radius 3 is 1.41 bits per heavy atom. The Bertz CT molecular complexity index is 1200. The van der Waals surface area contributed by atoms with Crippen LogP contribution in [0.4, 0.5) is 0 Å². The fourth-order valence-corrected chi connectivity index (χ4v) is 5.48. The van der Waals surface area contributed by atoms with Gasteiger partial charge < -0.3 is 9.84 Å². The average molecular weight is 429 g/mol. The number of rotatable bonds is 4. The molecular weight excluding hydrogens is 392 g/mol. The third-order valence-corrected chi connectivity index (χ3v) is 6.43. The van der Waals surface area contributed by atoms with Crippen molar-refractivity contribution in [3.05, 3.63) is 97.1 Å². The van der Waals surface area contributed by atoms with Gasteiger partial charge in [-0.1, -0.05) is 41.5 Å². The number of hydrogen-bond donors (Lipinski definition) is 1. The van der Waals surface area contributed by atoms with E-state index >= 15 is 0 Å². The Hall–Kier alpha value is -3.00. The van der Waals surface area contributed by atoms with Crippen LogP contribution >= 0.6 is 0 Å². The van der Waals surface area contributed by atoms with Crippen LogP contribution in [0.5, 0.6) is 5.75 Å². The first kappa shape index (κ1) is 23.7. The molecule has 32 heavy (non-hydrogen) atoms. The summed E-state index contributed by atoms with van der Waals surface area (Å²) >= 11 is 0. The summed E-state index contributed by atoms with van der Waals surface area (Å²) in [5.41, 5.74) is 14.1. The second-order valence-corrected chi connectivity index (χ2v) is 9.31. The molecule has 0 aliphatic carbocycles. The maximum atomic E-state index is 12.0. The van der Waals surface area contributed by atoms with Gasteiger partial charge in [0, 0.05) is 11.1 Å². The first-order valence-corrected chi connectivity index (χ1v) is 11.2. The highest BCUT2D eigenvalue weighted by molar-refractivity contribution is 6.00. The van der Waals surface area contributed by atoms with E-state index in [1.165, 1.54) is 11.1 Å². The Morgan fingerprint density at radius 2 is 0.969 bits per heavy atom. The van der Waals surface area contributed by atoms with Gasteiger partial charge in [0.25, 0.3) is 0 Å². The van der Waals surface area contributed by atoms with Crippen molar-refractivity contribution in [2.75, 3.05) is 7.11 Å². The average Bonchev–Trinajstić information content (AvgIpc) is 2.65. The first-order valence-electron chi connectivity index (χ1n) is 11.2. The zero-order valence-corrected chi connectivity index (χ0v) is 21.2. The summed E-state index contributed by atoms with van der Waals surface area (Å²) in [6.45, 7) is 18.9. The van der Waals surface area contributed by atoms with Gasteiger partial charge in [-0.15, -0.1) is 0 Å². The minimum atomic E-state index is 0.326. The van der Waals surface area contributed by atoms with Crippen LogP contribution in [0.15, 0.2) is 30.3 Å². The molecule has 0 bridgehead atoms. The molecule has 0 atom stereocenters. The predicted octanol–water partition coefficient (Wildman–Crippen LogP) is 7.95. The first-order chi connectivity index (χ1) is 15.0. The topological polar surface area (TPSA) is 29.5 Å². The fraction of sp³-hybridized carbons (Fsp3) is 0.333. The van der Waals surface area contributed by atoms with E-state index in [1.54, 1.807) is 7.11 Å². The van der Waals surface area contributed by atoms with Crippen LogP contribution < -0.4 is 4.74 Å². The summed E-state index contributed by atoms with van der Waals surface area (Å²) in [6, 6.07) is 10.8. The Kier molecular flexibility index (Phi) is 6.55. The van der Waals surface area contributed by atoms with Crippen LogP contribution in [0.2, 0.25) is 0 Å². The standard InChI is InChI=1S/C30H36O2/c1-16-11-18(3)25(19(4)12-16)28(27-22(7)15-23(8)30(32-10)24(27)9)29(31)26-20(5)13-17(2)14-21(26)6/h11-15,31H,1-10H3/b29-28+. The number of aliphatic hydroxyl groups excluding tert-OH is 1. The van der Waals surface area contributed by atoms with E-state index < -0.39 is 0 Å². The van der Waals surface area contributed by atoms with Crippen LogP contribution in [-0.2, 0) is 0 Å². The summed E-state index contributed by atoms with van der Waals surface area (Å²) < 4.78 is 5.78. The van der Waals surface area contributed by atoms with E-state index in [0.717, 1.165) is 67.0 Å². The highest BCUT2D eigenvalue weighted by Crippen LogP contribution is 2.42. The molecule has 0 unspecified atom stereocenters. The molecule has 1 N–H and O–H groups in total. The monoisotopic (exact) mass is 428 g/mol. The highest BCUT2D eigenvalue weighted by atomic mass is 16.5. The van der Waals surface area contributed by atoms with Crippen LogP contribution in [0, 0.1) is 62.3 Å². The van der Waals surface area contributed by atoms with Gasteiger partial charge in [0.05, 0.1) is 7.11 Å². The predicted molar refractivity (Wildman–Crippen MR) is 137 cm³/mol. The van der Waals surface area contributed by atoms with Gasteiger partial charge in [0.2, 0.25) is 0 Å². The van der Waals surface area contributed by atoms with E-state index in [1.807, 2.05) is 0 Å². The lowest BCUT2D eigenvalue weighted by molar-refractivity contribution is 0.408. The van der Waals surface area contributed by atoms with Gasteiger partial charge in [-0.05, 0) is 112 Å². The van der Waals surface area contributed by atoms with Crippen molar-refractivity contribution in [2.24, 2.45) is 0 Å². The molecule has 3 rings (SSSR count). The van der Waals surface area contributed by atoms with Crippen molar-refractivity contribution in [1.82, 2.24) is 0 Å². The Balaban J connectivity index is 2.56. The molecule has 168 valence electrons. The van der Waals surface area contributed by atoms with Crippen LogP contribution in [-0.4, -0.2) is 12.2 Å². The molecule has 0 saturated heterocycles. The molecule has 0 aliphatic rings. The maximum absolute atomic E-state index is 12.0. The van der Waals surface area contributed by atoms with Crippen LogP contribution in [0.3, 0.4) is 0 Å². The summed E-state index contributed by atoms with van der Waals surface area (Å²) in [6.07, 6.45) is 0. The van der Waals surface area contributed by atoms with E-state index in [-0.39, 0.29) is 0 Å². The van der Waals surface area contributed by atoms with Gasteiger partial charge in [0.1, 0.15) is 11.5 Å².